The predicted octanol–water partition coefficient (Wildman–Crippen LogP) is 1.01. The smallest absolute Gasteiger partial charge is 0.242 e. The zero-order chi connectivity index (χ0) is 17.0. The maximum atomic E-state index is 12.3. The first kappa shape index (κ1) is 15.8. The summed E-state index contributed by atoms with van der Waals surface area (Å²) in [6.07, 6.45) is 4.87. The van der Waals surface area contributed by atoms with Crippen LogP contribution in [0.2, 0.25) is 0 Å². The highest BCUT2D eigenvalue weighted by molar-refractivity contribution is 7.89. The fourth-order valence-electron chi connectivity index (χ4n) is 2.04. The monoisotopic (exact) mass is 340 g/mol. The van der Waals surface area contributed by atoms with Crippen molar-refractivity contribution in [1.29, 1.82) is 5.26 Å². The van der Waals surface area contributed by atoms with Crippen molar-refractivity contribution in [3.05, 3.63) is 66.2 Å². The zero-order valence-corrected chi connectivity index (χ0v) is 13.2. The molecule has 0 aliphatic carbocycles. The maximum absolute atomic E-state index is 12.3. The summed E-state index contributed by atoms with van der Waals surface area (Å²) >= 11 is 0. The molecule has 0 aliphatic heterocycles. The number of benzene rings is 1. The van der Waals surface area contributed by atoms with Gasteiger partial charge in [0.15, 0.2) is 0 Å². The minimum atomic E-state index is -3.82. The van der Waals surface area contributed by atoms with Gasteiger partial charge >= 0.3 is 0 Å². The van der Waals surface area contributed by atoms with Crippen LogP contribution in [-0.2, 0) is 16.6 Å². The van der Waals surface area contributed by atoms with Gasteiger partial charge in [-0.25, -0.2) is 17.8 Å². The van der Waals surface area contributed by atoms with Gasteiger partial charge in [0, 0.05) is 12.4 Å². The Kier molecular flexibility index (Phi) is 4.33. The molecular weight excluding hydrogens is 328 g/mol. The van der Waals surface area contributed by atoms with Crippen molar-refractivity contribution < 1.29 is 8.42 Å². The summed E-state index contributed by atoms with van der Waals surface area (Å²) in [5.41, 5.74) is 1.30. The van der Waals surface area contributed by atoms with Gasteiger partial charge in [0.05, 0.1) is 34.6 Å². The van der Waals surface area contributed by atoms with Gasteiger partial charge in [0.2, 0.25) is 10.0 Å². The summed E-state index contributed by atoms with van der Waals surface area (Å²) < 4.78 is 28.6. The lowest BCUT2D eigenvalue weighted by Gasteiger charge is -2.06. The molecule has 2 heterocycles. The van der Waals surface area contributed by atoms with Gasteiger partial charge in [0.1, 0.15) is 6.07 Å². The molecule has 1 aromatic carbocycles. The van der Waals surface area contributed by atoms with E-state index in [-0.39, 0.29) is 17.0 Å². The van der Waals surface area contributed by atoms with Gasteiger partial charge < -0.3 is 0 Å². The number of aromatic nitrogens is 4. The van der Waals surface area contributed by atoms with Gasteiger partial charge in [-0.3, -0.25) is 4.98 Å². The highest BCUT2D eigenvalue weighted by atomic mass is 32.2. The van der Waals surface area contributed by atoms with Crippen LogP contribution in [-0.4, -0.2) is 28.4 Å². The summed E-state index contributed by atoms with van der Waals surface area (Å²) in [7, 11) is -3.82. The van der Waals surface area contributed by atoms with Gasteiger partial charge in [-0.2, -0.15) is 5.26 Å². The molecule has 0 saturated heterocycles. The summed E-state index contributed by atoms with van der Waals surface area (Å²) in [6.45, 7) is -0.0345. The molecule has 0 bridgehead atoms. The van der Waals surface area contributed by atoms with Crippen LogP contribution < -0.4 is 4.72 Å². The molecule has 2 aromatic heterocycles. The Labute approximate surface area is 138 Å². The van der Waals surface area contributed by atoms with E-state index < -0.39 is 10.0 Å². The quantitative estimate of drug-likeness (QED) is 0.741. The van der Waals surface area contributed by atoms with Crippen molar-refractivity contribution in [3.8, 4) is 11.8 Å². The van der Waals surface area contributed by atoms with Crippen LogP contribution in [0.1, 0.15) is 11.3 Å². The van der Waals surface area contributed by atoms with Crippen molar-refractivity contribution in [2.45, 2.75) is 11.4 Å². The number of nitrogens with one attached hydrogen (secondary N) is 1. The Balaban J connectivity index is 1.76. The number of hydrogen-bond donors (Lipinski definition) is 1. The van der Waals surface area contributed by atoms with Crippen molar-refractivity contribution >= 4 is 10.0 Å². The third-order valence-electron chi connectivity index (χ3n) is 3.21. The van der Waals surface area contributed by atoms with E-state index in [1.54, 1.807) is 42.9 Å². The average molecular weight is 340 g/mol. The molecule has 8 nitrogen and oxygen atoms in total. The number of nitrogens with zero attached hydrogens (tertiary/aromatic N) is 5. The van der Waals surface area contributed by atoms with Gasteiger partial charge in [-0.15, -0.1) is 5.10 Å². The number of sulfonamides is 1. The van der Waals surface area contributed by atoms with Crippen LogP contribution in [0, 0.1) is 11.3 Å². The Bertz CT molecular complexity index is 992. The topological polar surface area (TPSA) is 114 Å². The molecule has 1 N–H and O–H groups in total. The van der Waals surface area contributed by atoms with E-state index in [4.69, 9.17) is 5.26 Å². The molecule has 0 spiro atoms. The third kappa shape index (κ3) is 3.29. The molecule has 3 rings (SSSR count). The molecule has 0 atom stereocenters. The van der Waals surface area contributed by atoms with Crippen LogP contribution >= 0.6 is 0 Å². The fraction of sp³-hybridized carbons (Fsp3) is 0.0667. The van der Waals surface area contributed by atoms with E-state index in [9.17, 15) is 8.42 Å². The first-order valence-corrected chi connectivity index (χ1v) is 8.39. The van der Waals surface area contributed by atoms with Crippen molar-refractivity contribution in [1.82, 2.24) is 24.7 Å². The highest BCUT2D eigenvalue weighted by Gasteiger charge is 2.18. The Morgan fingerprint density at radius 2 is 1.92 bits per heavy atom. The Hall–Kier alpha value is -3.09. The van der Waals surface area contributed by atoms with E-state index in [0.717, 1.165) is 5.69 Å². The first-order chi connectivity index (χ1) is 11.6. The molecule has 120 valence electrons. The Morgan fingerprint density at radius 3 is 2.67 bits per heavy atom. The minimum Gasteiger partial charge on any atom is -0.265 e. The van der Waals surface area contributed by atoms with E-state index in [1.807, 2.05) is 6.07 Å². The molecular formula is C15H12N6O2S. The van der Waals surface area contributed by atoms with E-state index >= 15 is 0 Å². The van der Waals surface area contributed by atoms with Crippen LogP contribution in [0.15, 0.2) is 59.9 Å². The lowest BCUT2D eigenvalue weighted by atomic mass is 10.2. The summed E-state index contributed by atoms with van der Waals surface area (Å²) in [5.74, 6) is 0. The third-order valence-corrected chi connectivity index (χ3v) is 4.67. The summed E-state index contributed by atoms with van der Waals surface area (Å²) in [5, 5.41) is 16.9. The zero-order valence-electron chi connectivity index (χ0n) is 12.4. The lowest BCUT2D eigenvalue weighted by Crippen LogP contribution is -2.24. The van der Waals surface area contributed by atoms with Crippen LogP contribution in [0.25, 0.3) is 5.69 Å². The standard InChI is InChI=1S/C15H12N6O2S/c16-9-12-3-1-2-4-15(12)24(22,23)18-10-13-11-21(20-19-13)14-5-7-17-8-6-14/h1-8,11,18H,10H2. The second kappa shape index (κ2) is 6.57. The Morgan fingerprint density at radius 1 is 1.17 bits per heavy atom. The second-order valence-corrected chi connectivity index (χ2v) is 6.53. The van der Waals surface area contributed by atoms with Crippen molar-refractivity contribution in [2.75, 3.05) is 0 Å². The molecule has 0 amide bonds. The van der Waals surface area contributed by atoms with E-state index in [1.165, 1.54) is 16.8 Å². The van der Waals surface area contributed by atoms with E-state index in [0.29, 0.717) is 5.69 Å². The van der Waals surface area contributed by atoms with Crippen LogP contribution in [0.5, 0.6) is 0 Å². The molecule has 0 fully saturated rings. The molecule has 24 heavy (non-hydrogen) atoms. The largest absolute Gasteiger partial charge is 0.265 e. The first-order valence-electron chi connectivity index (χ1n) is 6.90. The van der Waals surface area contributed by atoms with Gasteiger partial charge in [-0.05, 0) is 24.3 Å². The molecule has 0 unspecified atom stereocenters. The number of rotatable bonds is 5. The number of nitriles is 1. The number of hydrogen-bond acceptors (Lipinski definition) is 6. The van der Waals surface area contributed by atoms with Crippen molar-refractivity contribution in [3.63, 3.8) is 0 Å². The average Bonchev–Trinajstić information content (AvgIpc) is 3.10. The van der Waals surface area contributed by atoms with E-state index in [2.05, 4.69) is 20.0 Å². The second-order valence-electron chi connectivity index (χ2n) is 4.79. The molecule has 0 radical (unpaired) electrons. The maximum Gasteiger partial charge on any atom is 0.242 e. The predicted molar refractivity (Wildman–Crippen MR) is 84.3 cm³/mol. The molecule has 0 saturated carbocycles. The van der Waals surface area contributed by atoms with Crippen LogP contribution in [0.4, 0.5) is 0 Å². The van der Waals surface area contributed by atoms with Crippen LogP contribution in [0.3, 0.4) is 0 Å². The fourth-order valence-corrected chi connectivity index (χ4v) is 3.20. The molecule has 0 aliphatic rings. The van der Waals surface area contributed by atoms with Gasteiger partial charge in [0.25, 0.3) is 0 Å². The van der Waals surface area contributed by atoms with Gasteiger partial charge in [-0.1, -0.05) is 17.3 Å². The van der Waals surface area contributed by atoms with Crippen molar-refractivity contribution in [2.24, 2.45) is 0 Å². The highest BCUT2D eigenvalue weighted by Crippen LogP contribution is 2.14. The minimum absolute atomic E-state index is 0.0345. The normalized spacial score (nSPS) is 11.1. The SMILES string of the molecule is N#Cc1ccccc1S(=O)(=O)NCc1cn(-c2ccncc2)nn1. The lowest BCUT2D eigenvalue weighted by molar-refractivity contribution is 0.580. The molecule has 9 heteroatoms. The molecule has 3 aromatic rings. The summed E-state index contributed by atoms with van der Waals surface area (Å²) in [4.78, 5) is 3.86. The summed E-state index contributed by atoms with van der Waals surface area (Å²) in [6, 6.07) is 11.4. The number of pyridine rings is 1.